The summed E-state index contributed by atoms with van der Waals surface area (Å²) in [5, 5.41) is 10.3. The van der Waals surface area contributed by atoms with Crippen molar-refractivity contribution in [2.24, 2.45) is 0 Å². The van der Waals surface area contributed by atoms with Gasteiger partial charge in [0.2, 0.25) is 0 Å². The first-order valence-corrected chi connectivity index (χ1v) is 6.96. The summed E-state index contributed by atoms with van der Waals surface area (Å²) >= 11 is 0. The molecule has 0 aromatic heterocycles. The Morgan fingerprint density at radius 1 is 1.28 bits per heavy atom. The topological polar surface area (TPSA) is 29.5 Å². The van der Waals surface area contributed by atoms with Crippen LogP contribution in [0.3, 0.4) is 0 Å². The summed E-state index contributed by atoms with van der Waals surface area (Å²) in [5.74, 6) is 1.42. The van der Waals surface area contributed by atoms with Gasteiger partial charge in [0.1, 0.15) is 12.4 Å². The number of aryl methyl sites for hydroxylation is 1. The van der Waals surface area contributed by atoms with Gasteiger partial charge >= 0.3 is 0 Å². The highest BCUT2D eigenvalue weighted by Gasteiger charge is 2.32. The predicted molar refractivity (Wildman–Crippen MR) is 74.2 cm³/mol. The van der Waals surface area contributed by atoms with E-state index in [0.717, 1.165) is 37.0 Å². The molecule has 0 radical (unpaired) electrons. The number of ether oxygens (including phenoxy) is 1. The molecule has 1 aliphatic rings. The molecule has 0 atom stereocenters. The minimum absolute atomic E-state index is 0.426. The second kappa shape index (κ2) is 5.31. The van der Waals surface area contributed by atoms with Gasteiger partial charge < -0.3 is 9.84 Å². The predicted octanol–water partition coefficient (Wildman–Crippen LogP) is 3.80. The molecule has 100 valence electrons. The summed E-state index contributed by atoms with van der Waals surface area (Å²) in [6.45, 7) is 6.84. The lowest BCUT2D eigenvalue weighted by atomic mass is 10.0. The molecule has 1 aromatic carbocycles. The molecule has 1 N–H and O–H groups in total. The third-order valence-corrected chi connectivity index (χ3v) is 3.91. The summed E-state index contributed by atoms with van der Waals surface area (Å²) in [6, 6.07) is 6.36. The Kier molecular flexibility index (Phi) is 3.96. The van der Waals surface area contributed by atoms with Gasteiger partial charge in [0, 0.05) is 0 Å². The smallest absolute Gasteiger partial charge is 0.122 e. The fourth-order valence-electron chi connectivity index (χ4n) is 2.52. The van der Waals surface area contributed by atoms with Crippen molar-refractivity contribution in [2.75, 3.05) is 6.61 Å². The van der Waals surface area contributed by atoms with E-state index in [4.69, 9.17) is 4.74 Å². The molecule has 18 heavy (non-hydrogen) atoms. The van der Waals surface area contributed by atoms with Crippen LogP contribution in [0.2, 0.25) is 0 Å². The lowest BCUT2D eigenvalue weighted by Crippen LogP contribution is -2.32. The number of rotatable bonds is 4. The first-order chi connectivity index (χ1) is 8.50. The third-order valence-electron chi connectivity index (χ3n) is 3.91. The van der Waals surface area contributed by atoms with Crippen molar-refractivity contribution in [3.05, 3.63) is 29.3 Å². The Morgan fingerprint density at radius 3 is 2.56 bits per heavy atom. The first kappa shape index (κ1) is 13.4. The van der Waals surface area contributed by atoms with Crippen molar-refractivity contribution in [3.63, 3.8) is 0 Å². The van der Waals surface area contributed by atoms with Crippen LogP contribution in [-0.4, -0.2) is 17.3 Å². The molecule has 1 aliphatic carbocycles. The number of aliphatic hydroxyl groups is 1. The zero-order valence-corrected chi connectivity index (χ0v) is 11.7. The molecule has 0 unspecified atom stereocenters. The zero-order chi connectivity index (χ0) is 13.2. The van der Waals surface area contributed by atoms with Gasteiger partial charge in [-0.15, -0.1) is 0 Å². The van der Waals surface area contributed by atoms with E-state index < -0.39 is 5.60 Å². The maximum atomic E-state index is 10.3. The van der Waals surface area contributed by atoms with Gasteiger partial charge in [-0.2, -0.15) is 0 Å². The fourth-order valence-corrected chi connectivity index (χ4v) is 2.52. The molecule has 0 aliphatic heterocycles. The molecule has 1 aromatic rings. The minimum atomic E-state index is -0.597. The maximum Gasteiger partial charge on any atom is 0.122 e. The minimum Gasteiger partial charge on any atom is -0.490 e. The number of benzene rings is 1. The SMILES string of the molecule is Cc1ccc(C(C)C)cc1OCC1(O)CCCC1. The van der Waals surface area contributed by atoms with E-state index in [2.05, 4.69) is 39.0 Å². The van der Waals surface area contributed by atoms with Crippen LogP contribution >= 0.6 is 0 Å². The van der Waals surface area contributed by atoms with Crippen molar-refractivity contribution >= 4 is 0 Å². The Balaban J connectivity index is 2.06. The van der Waals surface area contributed by atoms with Crippen LogP contribution in [0.1, 0.15) is 56.6 Å². The van der Waals surface area contributed by atoms with Crippen LogP contribution in [0.25, 0.3) is 0 Å². The molecule has 0 heterocycles. The first-order valence-electron chi connectivity index (χ1n) is 6.96. The molecule has 2 heteroatoms. The van der Waals surface area contributed by atoms with Crippen LogP contribution in [0.15, 0.2) is 18.2 Å². The molecule has 0 spiro atoms. The Hall–Kier alpha value is -1.02. The van der Waals surface area contributed by atoms with Crippen LogP contribution in [-0.2, 0) is 0 Å². The molecule has 0 bridgehead atoms. The number of hydrogen-bond acceptors (Lipinski definition) is 2. The average Bonchev–Trinajstić information content (AvgIpc) is 2.75. The highest BCUT2D eigenvalue weighted by atomic mass is 16.5. The largest absolute Gasteiger partial charge is 0.490 e. The van der Waals surface area contributed by atoms with Crippen molar-refractivity contribution in [1.82, 2.24) is 0 Å². The molecule has 2 rings (SSSR count). The summed E-state index contributed by atoms with van der Waals surface area (Å²) < 4.78 is 5.86. The van der Waals surface area contributed by atoms with E-state index in [-0.39, 0.29) is 0 Å². The summed E-state index contributed by atoms with van der Waals surface area (Å²) in [6.07, 6.45) is 3.97. The van der Waals surface area contributed by atoms with E-state index in [0.29, 0.717) is 12.5 Å². The Labute approximate surface area is 110 Å². The molecule has 2 nitrogen and oxygen atoms in total. The van der Waals surface area contributed by atoms with E-state index in [1.807, 2.05) is 0 Å². The van der Waals surface area contributed by atoms with Crippen LogP contribution in [0, 0.1) is 6.92 Å². The lowest BCUT2D eigenvalue weighted by Gasteiger charge is -2.23. The maximum absolute atomic E-state index is 10.3. The quantitative estimate of drug-likeness (QED) is 0.878. The van der Waals surface area contributed by atoms with Gasteiger partial charge in [-0.3, -0.25) is 0 Å². The molecule has 1 saturated carbocycles. The van der Waals surface area contributed by atoms with Gasteiger partial charge in [0.05, 0.1) is 5.60 Å². The van der Waals surface area contributed by atoms with Gasteiger partial charge in [0.25, 0.3) is 0 Å². The molecular formula is C16H24O2. The highest BCUT2D eigenvalue weighted by molar-refractivity contribution is 5.37. The Bertz CT molecular complexity index is 404. The highest BCUT2D eigenvalue weighted by Crippen LogP contribution is 2.31. The third kappa shape index (κ3) is 3.05. The van der Waals surface area contributed by atoms with E-state index in [9.17, 15) is 5.11 Å². The second-order valence-corrected chi connectivity index (χ2v) is 5.90. The van der Waals surface area contributed by atoms with Crippen LogP contribution in [0.5, 0.6) is 5.75 Å². The normalized spacial score (nSPS) is 18.3. The monoisotopic (exact) mass is 248 g/mol. The zero-order valence-electron chi connectivity index (χ0n) is 11.7. The van der Waals surface area contributed by atoms with Crippen molar-refractivity contribution in [3.8, 4) is 5.75 Å². The van der Waals surface area contributed by atoms with Crippen molar-refractivity contribution < 1.29 is 9.84 Å². The van der Waals surface area contributed by atoms with Gasteiger partial charge in [0.15, 0.2) is 0 Å². The van der Waals surface area contributed by atoms with Crippen LogP contribution in [0.4, 0.5) is 0 Å². The molecule has 1 fully saturated rings. The van der Waals surface area contributed by atoms with E-state index in [1.165, 1.54) is 5.56 Å². The van der Waals surface area contributed by atoms with Gasteiger partial charge in [-0.1, -0.05) is 38.8 Å². The fraction of sp³-hybridized carbons (Fsp3) is 0.625. The summed E-state index contributed by atoms with van der Waals surface area (Å²) in [4.78, 5) is 0. The standard InChI is InChI=1S/C16H24O2/c1-12(2)14-7-6-13(3)15(10-14)18-11-16(17)8-4-5-9-16/h6-7,10,12,17H,4-5,8-9,11H2,1-3H3. The van der Waals surface area contributed by atoms with Gasteiger partial charge in [-0.25, -0.2) is 0 Å². The Morgan fingerprint density at radius 2 is 1.94 bits per heavy atom. The van der Waals surface area contributed by atoms with Crippen molar-refractivity contribution in [2.45, 2.75) is 58.0 Å². The van der Waals surface area contributed by atoms with Gasteiger partial charge in [-0.05, 0) is 42.9 Å². The summed E-state index contributed by atoms with van der Waals surface area (Å²) in [7, 11) is 0. The lowest BCUT2D eigenvalue weighted by molar-refractivity contribution is 0.00120. The molecular weight excluding hydrogens is 224 g/mol. The molecule has 0 amide bonds. The van der Waals surface area contributed by atoms with E-state index >= 15 is 0 Å². The van der Waals surface area contributed by atoms with Crippen LogP contribution < -0.4 is 4.74 Å². The second-order valence-electron chi connectivity index (χ2n) is 5.90. The van der Waals surface area contributed by atoms with Crippen molar-refractivity contribution in [1.29, 1.82) is 0 Å². The summed E-state index contributed by atoms with van der Waals surface area (Å²) in [5.41, 5.74) is 1.83. The average molecular weight is 248 g/mol. The van der Waals surface area contributed by atoms with E-state index in [1.54, 1.807) is 0 Å². The molecule has 0 saturated heterocycles. The number of hydrogen-bond donors (Lipinski definition) is 1.